The highest BCUT2D eigenvalue weighted by Gasteiger charge is 2.13. The molecule has 0 unspecified atom stereocenters. The number of hydrogen-bond donors (Lipinski definition) is 2. The van der Waals surface area contributed by atoms with Crippen LogP contribution >= 0.6 is 0 Å². The van der Waals surface area contributed by atoms with Crippen molar-refractivity contribution in [1.82, 2.24) is 10.4 Å². The molecule has 3 aromatic carbocycles. The van der Waals surface area contributed by atoms with E-state index < -0.39 is 5.97 Å². The summed E-state index contributed by atoms with van der Waals surface area (Å²) in [5.41, 5.74) is 3.72. The number of carbonyl (C=O) groups is 3. The molecular formula is C36H47N3O4. The number of nitrogens with one attached hydrogen (secondary N) is 2. The van der Waals surface area contributed by atoms with Crippen molar-refractivity contribution in [2.75, 3.05) is 11.9 Å². The molecule has 3 aromatic rings. The summed E-state index contributed by atoms with van der Waals surface area (Å²) >= 11 is 0. The third kappa shape index (κ3) is 13.3. The van der Waals surface area contributed by atoms with Gasteiger partial charge in [0.25, 0.3) is 11.8 Å². The summed E-state index contributed by atoms with van der Waals surface area (Å²) in [5.74, 6) is -0.653. The van der Waals surface area contributed by atoms with Crippen LogP contribution in [0, 0.1) is 0 Å². The molecule has 0 heterocycles. The number of hydroxylamine groups is 2. The van der Waals surface area contributed by atoms with Crippen LogP contribution in [0.1, 0.15) is 110 Å². The average Bonchev–Trinajstić information content (AvgIpc) is 3.01. The zero-order valence-corrected chi connectivity index (χ0v) is 25.8. The molecule has 0 aromatic heterocycles. The lowest BCUT2D eigenvalue weighted by Crippen LogP contribution is -2.26. The molecule has 0 saturated heterocycles. The molecule has 2 amide bonds. The second-order valence-corrected chi connectivity index (χ2v) is 11.0. The van der Waals surface area contributed by atoms with Crippen molar-refractivity contribution in [2.24, 2.45) is 0 Å². The van der Waals surface area contributed by atoms with Crippen molar-refractivity contribution >= 4 is 23.5 Å². The summed E-state index contributed by atoms with van der Waals surface area (Å²) in [6.07, 6.45) is 12.7. The molecule has 2 N–H and O–H groups in total. The third-order valence-electron chi connectivity index (χ3n) is 7.26. The first kappa shape index (κ1) is 33.5. The van der Waals surface area contributed by atoms with Crippen molar-refractivity contribution in [1.29, 1.82) is 0 Å². The van der Waals surface area contributed by atoms with Gasteiger partial charge in [0, 0.05) is 30.3 Å². The van der Waals surface area contributed by atoms with Crippen LogP contribution in [0.4, 0.5) is 5.69 Å². The van der Waals surface area contributed by atoms with Crippen LogP contribution in [-0.2, 0) is 22.7 Å². The van der Waals surface area contributed by atoms with E-state index in [-0.39, 0.29) is 11.8 Å². The van der Waals surface area contributed by atoms with Crippen LogP contribution < -0.4 is 10.6 Å². The Labute approximate surface area is 257 Å². The summed E-state index contributed by atoms with van der Waals surface area (Å²) in [6, 6.07) is 23.8. The van der Waals surface area contributed by atoms with E-state index in [1.165, 1.54) is 58.3 Å². The molecule has 7 heteroatoms. The Hall–Kier alpha value is -3.97. The van der Waals surface area contributed by atoms with Crippen LogP contribution in [-0.4, -0.2) is 29.4 Å². The number of nitrogens with zero attached hydrogens (tertiary/aromatic N) is 1. The number of rotatable bonds is 19. The summed E-state index contributed by atoms with van der Waals surface area (Å²) in [5, 5.41) is 7.49. The van der Waals surface area contributed by atoms with E-state index in [1.54, 1.807) is 29.3 Å². The van der Waals surface area contributed by atoms with Gasteiger partial charge in [-0.1, -0.05) is 107 Å². The summed E-state index contributed by atoms with van der Waals surface area (Å²) in [7, 11) is 0. The van der Waals surface area contributed by atoms with Crippen LogP contribution in [0.2, 0.25) is 0 Å². The Kier molecular flexibility index (Phi) is 15.0. The summed E-state index contributed by atoms with van der Waals surface area (Å²) in [4.78, 5) is 42.2. The van der Waals surface area contributed by atoms with E-state index in [0.717, 1.165) is 24.0 Å². The Balaban J connectivity index is 1.41. The molecule has 0 radical (unpaired) electrons. The quantitative estimate of drug-likeness (QED) is 0.110. The zero-order valence-electron chi connectivity index (χ0n) is 25.8. The predicted octanol–water partition coefficient (Wildman–Crippen LogP) is 8.07. The van der Waals surface area contributed by atoms with E-state index in [2.05, 4.69) is 17.6 Å². The van der Waals surface area contributed by atoms with Crippen molar-refractivity contribution in [2.45, 2.75) is 91.1 Å². The fourth-order valence-corrected chi connectivity index (χ4v) is 4.87. The fraction of sp³-hybridized carbons (Fsp3) is 0.417. The molecule has 0 aliphatic carbocycles. The van der Waals surface area contributed by atoms with Crippen LogP contribution in [0.15, 0.2) is 78.9 Å². The van der Waals surface area contributed by atoms with Gasteiger partial charge in [0.2, 0.25) is 0 Å². The predicted molar refractivity (Wildman–Crippen MR) is 172 cm³/mol. The minimum Gasteiger partial charge on any atom is -0.368 e. The molecule has 3 rings (SSSR count). The molecule has 7 nitrogen and oxygen atoms in total. The van der Waals surface area contributed by atoms with Gasteiger partial charge in [-0.15, -0.1) is 5.06 Å². The Morgan fingerprint density at radius 1 is 0.628 bits per heavy atom. The second-order valence-electron chi connectivity index (χ2n) is 11.0. The Morgan fingerprint density at radius 3 is 1.70 bits per heavy atom. The molecule has 0 aliphatic rings. The fourth-order valence-electron chi connectivity index (χ4n) is 4.87. The molecular weight excluding hydrogens is 538 g/mol. The van der Waals surface area contributed by atoms with Gasteiger partial charge in [-0.05, 0) is 53.9 Å². The molecule has 0 saturated carbocycles. The van der Waals surface area contributed by atoms with Gasteiger partial charge >= 0.3 is 5.97 Å². The molecule has 0 aliphatic heterocycles. The molecule has 0 fully saturated rings. The summed E-state index contributed by atoms with van der Waals surface area (Å²) in [6.45, 7) is 5.04. The summed E-state index contributed by atoms with van der Waals surface area (Å²) < 4.78 is 0. The maximum Gasteiger partial charge on any atom is 0.322 e. The van der Waals surface area contributed by atoms with Crippen molar-refractivity contribution in [3.63, 3.8) is 0 Å². The van der Waals surface area contributed by atoms with E-state index in [0.29, 0.717) is 36.4 Å². The van der Waals surface area contributed by atoms with E-state index >= 15 is 0 Å². The highest BCUT2D eigenvalue weighted by Crippen LogP contribution is 2.16. The number of hydrogen-bond acceptors (Lipinski definition) is 5. The molecule has 0 bridgehead atoms. The van der Waals surface area contributed by atoms with Gasteiger partial charge < -0.3 is 15.5 Å². The number of unbranched alkanes of at least 4 members (excludes halogenated alkanes) is 9. The second kappa shape index (κ2) is 19.3. The zero-order chi connectivity index (χ0) is 30.7. The third-order valence-corrected chi connectivity index (χ3v) is 7.26. The lowest BCUT2D eigenvalue weighted by molar-refractivity contribution is -0.194. The molecule has 0 spiro atoms. The first-order valence-electron chi connectivity index (χ1n) is 15.7. The maximum absolute atomic E-state index is 12.6. The van der Waals surface area contributed by atoms with Gasteiger partial charge in [0.15, 0.2) is 0 Å². The van der Waals surface area contributed by atoms with Crippen LogP contribution in [0.5, 0.6) is 0 Å². The highest BCUT2D eigenvalue weighted by molar-refractivity contribution is 6.04. The normalized spacial score (nSPS) is 10.9. The maximum atomic E-state index is 12.6. The van der Waals surface area contributed by atoms with Crippen LogP contribution in [0.25, 0.3) is 0 Å². The lowest BCUT2D eigenvalue weighted by atomic mass is 10.1. The van der Waals surface area contributed by atoms with E-state index in [4.69, 9.17) is 4.84 Å². The van der Waals surface area contributed by atoms with E-state index in [9.17, 15) is 14.4 Å². The topological polar surface area (TPSA) is 87.7 Å². The average molecular weight is 586 g/mol. The Bertz CT molecular complexity index is 1240. The molecule has 0 atom stereocenters. The number of benzene rings is 3. The van der Waals surface area contributed by atoms with Crippen molar-refractivity contribution in [3.8, 4) is 0 Å². The number of carbonyl (C=O) groups excluding carboxylic acids is 3. The van der Waals surface area contributed by atoms with Crippen LogP contribution in [0.3, 0.4) is 0 Å². The van der Waals surface area contributed by atoms with Gasteiger partial charge in [0.1, 0.15) is 0 Å². The monoisotopic (exact) mass is 585 g/mol. The minimum atomic E-state index is -0.408. The number of anilines is 1. The SMILES string of the molecule is CCCCCCCCCCCCNC(=O)c1ccc(CN(Cc2ccc(NC(=O)c3ccccc3)cc2)OC(C)=O)cc1. The smallest absolute Gasteiger partial charge is 0.322 e. The first-order chi connectivity index (χ1) is 20.9. The molecule has 43 heavy (non-hydrogen) atoms. The number of amides is 2. The standard InChI is InChI=1S/C36H47N3O4/c1-3-4-5-6-7-8-9-10-11-15-26-37-35(41)33-22-18-30(19-23-33)27-39(43-29(2)40)28-31-20-24-34(25-21-31)38-36(42)32-16-13-12-14-17-32/h12-14,16-25H,3-11,15,26-28H2,1-2H3,(H,37,41)(H,38,42). The van der Waals surface area contributed by atoms with Gasteiger partial charge in [-0.2, -0.15) is 0 Å². The lowest BCUT2D eigenvalue weighted by Gasteiger charge is -2.21. The largest absolute Gasteiger partial charge is 0.368 e. The first-order valence-corrected chi connectivity index (χ1v) is 15.7. The van der Waals surface area contributed by atoms with Crippen molar-refractivity contribution in [3.05, 3.63) is 101 Å². The van der Waals surface area contributed by atoms with Gasteiger partial charge in [-0.3, -0.25) is 14.4 Å². The van der Waals surface area contributed by atoms with Gasteiger partial charge in [-0.25, -0.2) is 0 Å². The highest BCUT2D eigenvalue weighted by atomic mass is 16.7. The molecule has 230 valence electrons. The van der Waals surface area contributed by atoms with Crippen molar-refractivity contribution < 1.29 is 19.2 Å². The van der Waals surface area contributed by atoms with E-state index in [1.807, 2.05) is 54.6 Å². The van der Waals surface area contributed by atoms with Gasteiger partial charge in [0.05, 0.1) is 13.1 Å². The minimum absolute atomic E-state index is 0.0706. The Morgan fingerprint density at radius 2 is 1.14 bits per heavy atom.